The zero-order chi connectivity index (χ0) is 12.4. The molecule has 3 N–H and O–H groups in total. The van der Waals surface area contributed by atoms with Crippen molar-refractivity contribution in [1.29, 1.82) is 0 Å². The molecular formula is C11H12BrFN4. The van der Waals surface area contributed by atoms with Gasteiger partial charge in [0.2, 0.25) is 0 Å². The number of hydrazine groups is 1. The van der Waals surface area contributed by atoms with Gasteiger partial charge in [-0.2, -0.15) is 5.10 Å². The SMILES string of the molecule is Cn1cc(C(NN)c2c(F)cccc2Br)cn1. The average Bonchev–Trinajstić information content (AvgIpc) is 2.70. The number of nitrogens with one attached hydrogen (secondary N) is 1. The van der Waals surface area contributed by atoms with E-state index in [1.54, 1.807) is 36.3 Å². The number of nitrogens with two attached hydrogens (primary N) is 1. The maximum atomic E-state index is 13.8. The highest BCUT2D eigenvalue weighted by atomic mass is 79.9. The molecule has 0 fully saturated rings. The molecule has 4 nitrogen and oxygen atoms in total. The summed E-state index contributed by atoms with van der Waals surface area (Å²) in [7, 11) is 1.80. The van der Waals surface area contributed by atoms with Crippen molar-refractivity contribution in [3.63, 3.8) is 0 Å². The van der Waals surface area contributed by atoms with Crippen LogP contribution in [0.3, 0.4) is 0 Å². The Labute approximate surface area is 107 Å². The van der Waals surface area contributed by atoms with Gasteiger partial charge in [0.15, 0.2) is 0 Å². The van der Waals surface area contributed by atoms with E-state index in [1.807, 2.05) is 0 Å². The lowest BCUT2D eigenvalue weighted by atomic mass is 10.0. The van der Waals surface area contributed by atoms with E-state index in [-0.39, 0.29) is 5.82 Å². The van der Waals surface area contributed by atoms with Gasteiger partial charge in [-0.05, 0) is 12.1 Å². The molecule has 1 unspecified atom stereocenters. The number of rotatable bonds is 3. The minimum Gasteiger partial charge on any atom is -0.275 e. The maximum absolute atomic E-state index is 13.8. The highest BCUT2D eigenvalue weighted by Crippen LogP contribution is 2.29. The van der Waals surface area contributed by atoms with Gasteiger partial charge in [-0.3, -0.25) is 10.5 Å². The van der Waals surface area contributed by atoms with Gasteiger partial charge in [0.1, 0.15) is 5.82 Å². The third-order valence-electron chi connectivity index (χ3n) is 2.51. The Bertz CT molecular complexity index is 506. The van der Waals surface area contributed by atoms with Crippen molar-refractivity contribution < 1.29 is 4.39 Å². The van der Waals surface area contributed by atoms with Crippen LogP contribution in [0.5, 0.6) is 0 Å². The largest absolute Gasteiger partial charge is 0.275 e. The van der Waals surface area contributed by atoms with E-state index in [2.05, 4.69) is 26.5 Å². The molecule has 0 aliphatic carbocycles. The van der Waals surface area contributed by atoms with Gasteiger partial charge in [0.25, 0.3) is 0 Å². The molecule has 2 rings (SSSR count). The molecule has 0 saturated carbocycles. The number of benzene rings is 1. The summed E-state index contributed by atoms with van der Waals surface area (Å²) >= 11 is 3.33. The summed E-state index contributed by atoms with van der Waals surface area (Å²) in [6, 6.07) is 4.39. The van der Waals surface area contributed by atoms with Gasteiger partial charge >= 0.3 is 0 Å². The molecule has 0 aliphatic rings. The fraction of sp³-hybridized carbons (Fsp3) is 0.182. The molecule has 0 aliphatic heterocycles. The van der Waals surface area contributed by atoms with Crippen molar-refractivity contribution in [1.82, 2.24) is 15.2 Å². The van der Waals surface area contributed by atoms with Crippen molar-refractivity contribution in [2.45, 2.75) is 6.04 Å². The van der Waals surface area contributed by atoms with Gasteiger partial charge in [0, 0.05) is 28.8 Å². The lowest BCUT2D eigenvalue weighted by Crippen LogP contribution is -2.29. The van der Waals surface area contributed by atoms with E-state index in [4.69, 9.17) is 5.84 Å². The lowest BCUT2D eigenvalue weighted by Gasteiger charge is -2.17. The third kappa shape index (κ3) is 2.38. The molecule has 6 heteroatoms. The van der Waals surface area contributed by atoms with Crippen LogP contribution in [0.15, 0.2) is 35.1 Å². The molecule has 0 radical (unpaired) electrons. The Morgan fingerprint density at radius 3 is 2.82 bits per heavy atom. The second-order valence-corrected chi connectivity index (χ2v) is 4.54. The van der Waals surface area contributed by atoms with Crippen LogP contribution in [0, 0.1) is 5.82 Å². The average molecular weight is 299 g/mol. The summed E-state index contributed by atoms with van der Waals surface area (Å²) < 4.78 is 16.1. The Balaban J connectivity index is 2.49. The first kappa shape index (κ1) is 12.2. The van der Waals surface area contributed by atoms with E-state index >= 15 is 0 Å². The summed E-state index contributed by atoms with van der Waals surface area (Å²) in [6.07, 6.45) is 3.45. The Kier molecular flexibility index (Phi) is 3.56. The van der Waals surface area contributed by atoms with Gasteiger partial charge in [-0.1, -0.05) is 22.0 Å². The third-order valence-corrected chi connectivity index (χ3v) is 3.20. The van der Waals surface area contributed by atoms with E-state index in [0.29, 0.717) is 10.0 Å². The van der Waals surface area contributed by atoms with Crippen molar-refractivity contribution in [3.05, 3.63) is 52.0 Å². The topological polar surface area (TPSA) is 55.9 Å². The number of halogens is 2. The Hall–Kier alpha value is -1.24. The second-order valence-electron chi connectivity index (χ2n) is 3.68. The molecule has 2 aromatic rings. The van der Waals surface area contributed by atoms with E-state index in [9.17, 15) is 4.39 Å². The Morgan fingerprint density at radius 1 is 1.53 bits per heavy atom. The molecule has 0 bridgehead atoms. The molecule has 1 aromatic heterocycles. The van der Waals surface area contributed by atoms with Crippen LogP contribution in [0.25, 0.3) is 0 Å². The predicted octanol–water partition coefficient (Wildman–Crippen LogP) is 1.87. The zero-order valence-corrected chi connectivity index (χ0v) is 10.8. The molecule has 0 saturated heterocycles. The first-order chi connectivity index (χ1) is 8.13. The minimum atomic E-state index is -0.431. The smallest absolute Gasteiger partial charge is 0.129 e. The van der Waals surface area contributed by atoms with Crippen molar-refractivity contribution in [3.8, 4) is 0 Å². The number of hydrogen-bond donors (Lipinski definition) is 2. The first-order valence-electron chi connectivity index (χ1n) is 5.02. The Morgan fingerprint density at radius 2 is 2.29 bits per heavy atom. The summed E-state index contributed by atoms with van der Waals surface area (Å²) in [6.45, 7) is 0. The second kappa shape index (κ2) is 4.95. The van der Waals surface area contributed by atoms with Crippen molar-refractivity contribution >= 4 is 15.9 Å². The van der Waals surface area contributed by atoms with Crippen LogP contribution in [0.2, 0.25) is 0 Å². The molecule has 1 aromatic carbocycles. The van der Waals surface area contributed by atoms with Gasteiger partial charge in [0.05, 0.1) is 12.2 Å². The normalized spacial score (nSPS) is 12.7. The number of nitrogens with zero attached hydrogens (tertiary/aromatic N) is 2. The summed E-state index contributed by atoms with van der Waals surface area (Å²) in [5.74, 6) is 5.20. The molecule has 0 spiro atoms. The zero-order valence-electron chi connectivity index (χ0n) is 9.19. The first-order valence-corrected chi connectivity index (χ1v) is 5.81. The van der Waals surface area contributed by atoms with Gasteiger partial charge in [-0.15, -0.1) is 0 Å². The number of aryl methyl sites for hydroxylation is 1. The molecular weight excluding hydrogens is 287 g/mol. The molecule has 1 heterocycles. The predicted molar refractivity (Wildman–Crippen MR) is 66.5 cm³/mol. The summed E-state index contributed by atoms with van der Waals surface area (Å²) in [5.41, 5.74) is 3.89. The molecule has 1 atom stereocenters. The van der Waals surface area contributed by atoms with E-state index < -0.39 is 6.04 Å². The number of hydrogen-bond acceptors (Lipinski definition) is 3. The summed E-state index contributed by atoms with van der Waals surface area (Å²) in [4.78, 5) is 0. The molecule has 17 heavy (non-hydrogen) atoms. The van der Waals surface area contributed by atoms with Crippen LogP contribution in [0.1, 0.15) is 17.2 Å². The van der Waals surface area contributed by atoms with Crippen LogP contribution in [0.4, 0.5) is 4.39 Å². The fourth-order valence-corrected chi connectivity index (χ4v) is 2.29. The van der Waals surface area contributed by atoms with Crippen LogP contribution < -0.4 is 11.3 Å². The quantitative estimate of drug-likeness (QED) is 0.672. The van der Waals surface area contributed by atoms with E-state index in [0.717, 1.165) is 5.56 Å². The standard InChI is InChI=1S/C11H12BrFN4/c1-17-6-7(5-15-17)11(16-14)10-8(12)3-2-4-9(10)13/h2-6,11,16H,14H2,1H3. The number of aromatic nitrogens is 2. The van der Waals surface area contributed by atoms with Crippen molar-refractivity contribution in [2.24, 2.45) is 12.9 Å². The lowest BCUT2D eigenvalue weighted by molar-refractivity contribution is 0.557. The van der Waals surface area contributed by atoms with Gasteiger partial charge in [-0.25, -0.2) is 9.82 Å². The van der Waals surface area contributed by atoms with Gasteiger partial charge < -0.3 is 0 Å². The monoisotopic (exact) mass is 298 g/mol. The van der Waals surface area contributed by atoms with Crippen molar-refractivity contribution in [2.75, 3.05) is 0 Å². The van der Waals surface area contributed by atoms with Crippen LogP contribution in [-0.2, 0) is 7.05 Å². The van der Waals surface area contributed by atoms with Crippen LogP contribution in [-0.4, -0.2) is 9.78 Å². The van der Waals surface area contributed by atoms with E-state index in [1.165, 1.54) is 6.07 Å². The molecule has 0 amide bonds. The van der Waals surface area contributed by atoms with Crippen LogP contribution >= 0.6 is 15.9 Å². The highest BCUT2D eigenvalue weighted by molar-refractivity contribution is 9.10. The maximum Gasteiger partial charge on any atom is 0.129 e. The minimum absolute atomic E-state index is 0.314. The highest BCUT2D eigenvalue weighted by Gasteiger charge is 2.20. The summed E-state index contributed by atoms with van der Waals surface area (Å²) in [5, 5.41) is 4.05. The fourth-order valence-electron chi connectivity index (χ4n) is 1.72. The molecule has 90 valence electrons.